The molecule has 0 aliphatic heterocycles. The summed E-state index contributed by atoms with van der Waals surface area (Å²) in [5, 5.41) is 0. The van der Waals surface area contributed by atoms with Gasteiger partial charge in [0.05, 0.1) is 11.8 Å². The van der Waals surface area contributed by atoms with E-state index in [1.54, 1.807) is 12.1 Å². The third kappa shape index (κ3) is 3.15. The Morgan fingerprint density at radius 2 is 2.05 bits per heavy atom. The van der Waals surface area contributed by atoms with Gasteiger partial charge in [0.25, 0.3) is 0 Å². The first-order chi connectivity index (χ1) is 9.00. The van der Waals surface area contributed by atoms with Crippen LogP contribution in [0, 0.1) is 0 Å². The lowest BCUT2D eigenvalue weighted by molar-refractivity contribution is -0.137. The second kappa shape index (κ2) is 5.17. The maximum atomic E-state index is 12.7. The fourth-order valence-corrected chi connectivity index (χ4v) is 1.52. The summed E-state index contributed by atoms with van der Waals surface area (Å²) in [6, 6.07) is 6.47. The van der Waals surface area contributed by atoms with Gasteiger partial charge < -0.3 is 9.15 Å². The minimum atomic E-state index is -4.60. The van der Waals surface area contributed by atoms with Crippen molar-refractivity contribution in [2.75, 3.05) is 0 Å². The van der Waals surface area contributed by atoms with Crippen molar-refractivity contribution < 1.29 is 27.1 Å². The van der Waals surface area contributed by atoms with E-state index in [1.807, 2.05) is 0 Å². The Kier molecular flexibility index (Phi) is 3.59. The fourth-order valence-electron chi connectivity index (χ4n) is 1.52. The van der Waals surface area contributed by atoms with Crippen molar-refractivity contribution in [2.24, 2.45) is 0 Å². The van der Waals surface area contributed by atoms with E-state index in [2.05, 4.69) is 0 Å². The van der Waals surface area contributed by atoms with Gasteiger partial charge in [-0.25, -0.2) is 0 Å². The molecule has 0 amide bonds. The number of alkyl halides is 3. The van der Waals surface area contributed by atoms with Crippen molar-refractivity contribution in [3.8, 4) is 5.75 Å². The monoisotopic (exact) mass is 270 g/mol. The SMILES string of the molecule is O=Cc1ccc(OCc2ccco2)cc1C(F)(F)F. The topological polar surface area (TPSA) is 39.4 Å². The molecule has 100 valence electrons. The molecule has 0 bridgehead atoms. The maximum absolute atomic E-state index is 12.7. The first-order valence-electron chi connectivity index (χ1n) is 5.32. The number of benzene rings is 1. The van der Waals surface area contributed by atoms with Crippen molar-refractivity contribution >= 4 is 6.29 Å². The van der Waals surface area contributed by atoms with E-state index in [0.29, 0.717) is 5.76 Å². The molecule has 2 aromatic rings. The summed E-state index contributed by atoms with van der Waals surface area (Å²) >= 11 is 0. The Hall–Kier alpha value is -2.24. The Morgan fingerprint density at radius 3 is 2.63 bits per heavy atom. The molecule has 1 aromatic carbocycles. The molecular weight excluding hydrogens is 261 g/mol. The van der Waals surface area contributed by atoms with Gasteiger partial charge in [-0.1, -0.05) is 0 Å². The average molecular weight is 270 g/mol. The maximum Gasteiger partial charge on any atom is 0.417 e. The highest BCUT2D eigenvalue weighted by molar-refractivity contribution is 5.78. The molecule has 0 saturated heterocycles. The van der Waals surface area contributed by atoms with Gasteiger partial charge in [0, 0.05) is 5.56 Å². The van der Waals surface area contributed by atoms with E-state index in [0.717, 1.165) is 12.1 Å². The number of hydrogen-bond acceptors (Lipinski definition) is 3. The number of rotatable bonds is 4. The van der Waals surface area contributed by atoms with Crippen LogP contribution in [0.1, 0.15) is 21.7 Å². The fraction of sp³-hybridized carbons (Fsp3) is 0.154. The standard InChI is InChI=1S/C13H9F3O3/c14-13(15,16)12-6-10(4-3-9(12)7-17)19-8-11-2-1-5-18-11/h1-7H,8H2. The average Bonchev–Trinajstić information content (AvgIpc) is 2.88. The predicted octanol–water partition coefficient (Wildman–Crippen LogP) is 3.69. The Morgan fingerprint density at radius 1 is 1.26 bits per heavy atom. The molecule has 0 radical (unpaired) electrons. The molecule has 3 nitrogen and oxygen atoms in total. The summed E-state index contributed by atoms with van der Waals surface area (Å²) < 4.78 is 48.3. The molecule has 2 rings (SSSR count). The third-order valence-corrected chi connectivity index (χ3v) is 2.42. The van der Waals surface area contributed by atoms with Crippen molar-refractivity contribution in [2.45, 2.75) is 12.8 Å². The van der Waals surface area contributed by atoms with Crippen LogP contribution in [0.2, 0.25) is 0 Å². The zero-order valence-corrected chi connectivity index (χ0v) is 9.61. The molecule has 6 heteroatoms. The van der Waals surface area contributed by atoms with Gasteiger partial charge in [-0.3, -0.25) is 4.79 Å². The van der Waals surface area contributed by atoms with E-state index in [4.69, 9.17) is 9.15 Å². The van der Waals surface area contributed by atoms with Crippen LogP contribution in [-0.4, -0.2) is 6.29 Å². The van der Waals surface area contributed by atoms with Crippen LogP contribution in [0.25, 0.3) is 0 Å². The van der Waals surface area contributed by atoms with Crippen molar-refractivity contribution in [1.82, 2.24) is 0 Å². The molecule has 0 aliphatic carbocycles. The lowest BCUT2D eigenvalue weighted by atomic mass is 10.1. The summed E-state index contributed by atoms with van der Waals surface area (Å²) in [6.45, 7) is 0.0186. The minimum Gasteiger partial charge on any atom is -0.486 e. The third-order valence-electron chi connectivity index (χ3n) is 2.42. The van der Waals surface area contributed by atoms with Crippen molar-refractivity contribution in [1.29, 1.82) is 0 Å². The predicted molar refractivity (Wildman–Crippen MR) is 59.9 cm³/mol. The Balaban J connectivity index is 2.20. The van der Waals surface area contributed by atoms with Gasteiger partial charge in [0.1, 0.15) is 18.1 Å². The second-order valence-corrected chi connectivity index (χ2v) is 3.73. The van der Waals surface area contributed by atoms with Crippen molar-refractivity contribution in [3.05, 3.63) is 53.5 Å². The highest BCUT2D eigenvalue weighted by Crippen LogP contribution is 2.33. The Labute approximate surface area is 106 Å². The van der Waals surface area contributed by atoms with Gasteiger partial charge in [0.15, 0.2) is 6.29 Å². The smallest absolute Gasteiger partial charge is 0.417 e. The minimum absolute atomic E-state index is 0.0186. The number of hydrogen-bond donors (Lipinski definition) is 0. The van der Waals surface area contributed by atoms with E-state index in [9.17, 15) is 18.0 Å². The lowest BCUT2D eigenvalue weighted by Crippen LogP contribution is -2.09. The van der Waals surface area contributed by atoms with Gasteiger partial charge in [0.2, 0.25) is 0 Å². The van der Waals surface area contributed by atoms with Crippen LogP contribution in [0.3, 0.4) is 0 Å². The van der Waals surface area contributed by atoms with E-state index in [1.165, 1.54) is 12.3 Å². The Bertz CT molecular complexity index is 559. The second-order valence-electron chi connectivity index (χ2n) is 3.73. The zero-order chi connectivity index (χ0) is 13.9. The first kappa shape index (κ1) is 13.2. The summed E-state index contributed by atoms with van der Waals surface area (Å²) in [5.41, 5.74) is -1.43. The quantitative estimate of drug-likeness (QED) is 0.795. The van der Waals surface area contributed by atoms with E-state index in [-0.39, 0.29) is 18.6 Å². The van der Waals surface area contributed by atoms with Crippen LogP contribution in [0.15, 0.2) is 41.0 Å². The van der Waals surface area contributed by atoms with Crippen molar-refractivity contribution in [3.63, 3.8) is 0 Å². The summed E-state index contributed by atoms with van der Waals surface area (Å²) in [7, 11) is 0. The number of carbonyl (C=O) groups excluding carboxylic acids is 1. The molecule has 1 aromatic heterocycles. The van der Waals surface area contributed by atoms with Gasteiger partial charge in [-0.05, 0) is 30.3 Å². The van der Waals surface area contributed by atoms with Crippen LogP contribution in [0.4, 0.5) is 13.2 Å². The number of halogens is 3. The van der Waals surface area contributed by atoms with E-state index >= 15 is 0 Å². The highest BCUT2D eigenvalue weighted by atomic mass is 19.4. The summed E-state index contributed by atoms with van der Waals surface area (Å²) in [4.78, 5) is 10.6. The number of ether oxygens (including phenoxy) is 1. The number of furan rings is 1. The molecule has 1 heterocycles. The largest absolute Gasteiger partial charge is 0.486 e. The van der Waals surface area contributed by atoms with Gasteiger partial charge in [-0.15, -0.1) is 0 Å². The van der Waals surface area contributed by atoms with Crippen LogP contribution in [-0.2, 0) is 12.8 Å². The molecule has 0 saturated carbocycles. The zero-order valence-electron chi connectivity index (χ0n) is 9.61. The number of aldehydes is 1. The highest BCUT2D eigenvalue weighted by Gasteiger charge is 2.33. The van der Waals surface area contributed by atoms with Crippen LogP contribution < -0.4 is 4.74 Å². The van der Waals surface area contributed by atoms with Crippen LogP contribution in [0.5, 0.6) is 5.75 Å². The lowest BCUT2D eigenvalue weighted by Gasteiger charge is -2.11. The summed E-state index contributed by atoms with van der Waals surface area (Å²) in [6.07, 6.45) is -2.99. The molecule has 0 spiro atoms. The van der Waals surface area contributed by atoms with Gasteiger partial charge >= 0.3 is 6.18 Å². The van der Waals surface area contributed by atoms with Gasteiger partial charge in [-0.2, -0.15) is 13.2 Å². The molecule has 0 atom stereocenters. The van der Waals surface area contributed by atoms with Crippen LogP contribution >= 0.6 is 0 Å². The molecular formula is C13H9F3O3. The first-order valence-corrected chi connectivity index (χ1v) is 5.32. The number of carbonyl (C=O) groups is 1. The summed E-state index contributed by atoms with van der Waals surface area (Å²) in [5.74, 6) is 0.516. The molecule has 0 unspecified atom stereocenters. The normalized spacial score (nSPS) is 11.3. The molecule has 0 fully saturated rings. The molecule has 19 heavy (non-hydrogen) atoms. The molecule has 0 aliphatic rings. The molecule has 0 N–H and O–H groups in total. The van der Waals surface area contributed by atoms with E-state index < -0.39 is 17.3 Å².